The van der Waals surface area contributed by atoms with Crippen LogP contribution in [-0.4, -0.2) is 12.1 Å². The Hall–Kier alpha value is -0.770. The average Bonchev–Trinajstić information content (AvgIpc) is 2.30. The van der Waals surface area contributed by atoms with Crippen molar-refractivity contribution in [2.45, 2.75) is 45.3 Å². The summed E-state index contributed by atoms with van der Waals surface area (Å²) in [5, 5.41) is 0.681. The average molecular weight is 257 g/mol. The third kappa shape index (κ3) is 4.94. The maximum Gasteiger partial charge on any atom is 0.121 e. The SMILES string of the molecule is CCCCC(NN)C(C)Oc1cccc(Cl)c1. The Morgan fingerprint density at radius 3 is 2.82 bits per heavy atom. The summed E-state index contributed by atoms with van der Waals surface area (Å²) in [6, 6.07) is 7.58. The number of nitrogens with one attached hydrogen (secondary N) is 1. The van der Waals surface area contributed by atoms with Crippen molar-refractivity contribution in [3.05, 3.63) is 29.3 Å². The maximum absolute atomic E-state index is 5.91. The quantitative estimate of drug-likeness (QED) is 0.582. The molecule has 1 rings (SSSR count). The fraction of sp³-hybridized carbons (Fsp3) is 0.538. The Labute approximate surface area is 108 Å². The predicted molar refractivity (Wildman–Crippen MR) is 72.2 cm³/mol. The number of ether oxygens (including phenoxy) is 1. The van der Waals surface area contributed by atoms with E-state index < -0.39 is 0 Å². The van der Waals surface area contributed by atoms with Gasteiger partial charge in [-0.05, 0) is 31.5 Å². The van der Waals surface area contributed by atoms with Crippen molar-refractivity contribution in [3.63, 3.8) is 0 Å². The number of nitrogens with two attached hydrogens (primary N) is 1. The lowest BCUT2D eigenvalue weighted by Crippen LogP contribution is -2.45. The Balaban J connectivity index is 2.54. The van der Waals surface area contributed by atoms with Gasteiger partial charge < -0.3 is 4.74 Å². The topological polar surface area (TPSA) is 47.3 Å². The number of halogens is 1. The molecule has 0 aliphatic heterocycles. The lowest BCUT2D eigenvalue weighted by Gasteiger charge is -2.24. The molecule has 0 spiro atoms. The second-order valence-corrected chi connectivity index (χ2v) is 4.63. The van der Waals surface area contributed by atoms with Crippen molar-refractivity contribution in [3.8, 4) is 5.75 Å². The molecule has 0 fully saturated rings. The number of hydrogen-bond donors (Lipinski definition) is 2. The number of hydrogen-bond acceptors (Lipinski definition) is 3. The van der Waals surface area contributed by atoms with Crippen LogP contribution in [0.25, 0.3) is 0 Å². The summed E-state index contributed by atoms with van der Waals surface area (Å²) < 4.78 is 5.82. The number of rotatable bonds is 7. The van der Waals surface area contributed by atoms with Gasteiger partial charge >= 0.3 is 0 Å². The van der Waals surface area contributed by atoms with Crippen LogP contribution in [0.2, 0.25) is 5.02 Å². The summed E-state index contributed by atoms with van der Waals surface area (Å²) >= 11 is 5.91. The molecule has 0 aliphatic carbocycles. The van der Waals surface area contributed by atoms with Crippen LogP contribution >= 0.6 is 11.6 Å². The van der Waals surface area contributed by atoms with Gasteiger partial charge in [-0.25, -0.2) is 0 Å². The standard InChI is InChI=1S/C13H21ClN2O/c1-3-4-8-13(16-15)10(2)17-12-7-5-6-11(14)9-12/h5-7,9-10,13,16H,3-4,8,15H2,1-2H3. The Morgan fingerprint density at radius 1 is 1.47 bits per heavy atom. The van der Waals surface area contributed by atoms with E-state index in [-0.39, 0.29) is 12.1 Å². The van der Waals surface area contributed by atoms with Gasteiger partial charge in [0.1, 0.15) is 11.9 Å². The van der Waals surface area contributed by atoms with E-state index in [1.807, 2.05) is 31.2 Å². The summed E-state index contributed by atoms with van der Waals surface area (Å²) in [4.78, 5) is 0. The molecule has 1 aromatic carbocycles. The number of hydrazine groups is 1. The zero-order valence-corrected chi connectivity index (χ0v) is 11.2. The van der Waals surface area contributed by atoms with Crippen LogP contribution in [0, 0.1) is 0 Å². The van der Waals surface area contributed by atoms with Crippen molar-refractivity contribution >= 4 is 11.6 Å². The second-order valence-electron chi connectivity index (χ2n) is 4.20. The molecule has 3 N–H and O–H groups in total. The summed E-state index contributed by atoms with van der Waals surface area (Å²) in [5.74, 6) is 6.32. The van der Waals surface area contributed by atoms with Gasteiger partial charge in [-0.3, -0.25) is 11.3 Å². The first-order valence-electron chi connectivity index (χ1n) is 6.05. The largest absolute Gasteiger partial charge is 0.489 e. The molecule has 17 heavy (non-hydrogen) atoms. The van der Waals surface area contributed by atoms with Crippen LogP contribution in [0.4, 0.5) is 0 Å². The molecular weight excluding hydrogens is 236 g/mol. The van der Waals surface area contributed by atoms with Crippen molar-refractivity contribution in [1.82, 2.24) is 5.43 Å². The minimum Gasteiger partial charge on any atom is -0.489 e. The van der Waals surface area contributed by atoms with Gasteiger partial charge in [0.15, 0.2) is 0 Å². The monoisotopic (exact) mass is 256 g/mol. The molecule has 0 amide bonds. The Kier molecular flexibility index (Phi) is 6.34. The highest BCUT2D eigenvalue weighted by Crippen LogP contribution is 2.19. The van der Waals surface area contributed by atoms with Gasteiger partial charge in [0.25, 0.3) is 0 Å². The fourth-order valence-corrected chi connectivity index (χ4v) is 1.89. The molecule has 2 unspecified atom stereocenters. The fourth-order valence-electron chi connectivity index (χ4n) is 1.71. The van der Waals surface area contributed by atoms with Crippen LogP contribution in [0.3, 0.4) is 0 Å². The maximum atomic E-state index is 5.91. The van der Waals surface area contributed by atoms with E-state index in [0.717, 1.165) is 25.0 Å². The molecule has 96 valence electrons. The third-order valence-electron chi connectivity index (χ3n) is 2.77. The zero-order valence-electron chi connectivity index (χ0n) is 10.4. The summed E-state index contributed by atoms with van der Waals surface area (Å²) in [6.07, 6.45) is 3.32. The van der Waals surface area contributed by atoms with Gasteiger partial charge in [-0.2, -0.15) is 0 Å². The van der Waals surface area contributed by atoms with Crippen LogP contribution in [0.15, 0.2) is 24.3 Å². The normalized spacial score (nSPS) is 14.4. The van der Waals surface area contributed by atoms with Gasteiger partial charge in [-0.1, -0.05) is 37.4 Å². The molecule has 0 bridgehead atoms. The van der Waals surface area contributed by atoms with E-state index in [1.165, 1.54) is 0 Å². The lowest BCUT2D eigenvalue weighted by atomic mass is 10.1. The molecule has 0 aromatic heterocycles. The molecule has 2 atom stereocenters. The minimum atomic E-state index is 0.0185. The molecular formula is C13H21ClN2O. The van der Waals surface area contributed by atoms with Gasteiger partial charge in [0.2, 0.25) is 0 Å². The zero-order chi connectivity index (χ0) is 12.7. The minimum absolute atomic E-state index is 0.0185. The highest BCUT2D eigenvalue weighted by atomic mass is 35.5. The van der Waals surface area contributed by atoms with Gasteiger partial charge in [0, 0.05) is 5.02 Å². The van der Waals surface area contributed by atoms with Crippen molar-refractivity contribution in [2.24, 2.45) is 5.84 Å². The molecule has 0 saturated heterocycles. The van der Waals surface area contributed by atoms with Crippen molar-refractivity contribution in [2.75, 3.05) is 0 Å². The highest BCUT2D eigenvalue weighted by Gasteiger charge is 2.16. The molecule has 3 nitrogen and oxygen atoms in total. The van der Waals surface area contributed by atoms with Crippen molar-refractivity contribution in [1.29, 1.82) is 0 Å². The first kappa shape index (κ1) is 14.3. The molecule has 1 aromatic rings. The lowest BCUT2D eigenvalue weighted by molar-refractivity contribution is 0.163. The third-order valence-corrected chi connectivity index (χ3v) is 3.00. The Bertz CT molecular complexity index is 333. The van der Waals surface area contributed by atoms with Crippen molar-refractivity contribution < 1.29 is 4.74 Å². The van der Waals surface area contributed by atoms with Crippen LogP contribution < -0.4 is 16.0 Å². The van der Waals surface area contributed by atoms with E-state index in [4.69, 9.17) is 22.2 Å². The van der Waals surface area contributed by atoms with Crippen LogP contribution in [-0.2, 0) is 0 Å². The summed E-state index contributed by atoms with van der Waals surface area (Å²) in [6.45, 7) is 4.18. The van der Waals surface area contributed by atoms with Crippen LogP contribution in [0.5, 0.6) is 5.75 Å². The Morgan fingerprint density at radius 2 is 2.24 bits per heavy atom. The molecule has 0 aliphatic rings. The van der Waals surface area contributed by atoms with E-state index in [9.17, 15) is 0 Å². The molecule has 0 heterocycles. The predicted octanol–water partition coefficient (Wildman–Crippen LogP) is 3.13. The van der Waals surface area contributed by atoms with Gasteiger partial charge in [-0.15, -0.1) is 0 Å². The number of unbranched alkanes of at least 4 members (excludes halogenated alkanes) is 1. The van der Waals surface area contributed by atoms with E-state index >= 15 is 0 Å². The smallest absolute Gasteiger partial charge is 0.121 e. The van der Waals surface area contributed by atoms with Crippen LogP contribution in [0.1, 0.15) is 33.1 Å². The first-order chi connectivity index (χ1) is 8.17. The molecule has 0 saturated carbocycles. The van der Waals surface area contributed by atoms with E-state index in [2.05, 4.69) is 12.3 Å². The van der Waals surface area contributed by atoms with E-state index in [0.29, 0.717) is 5.02 Å². The highest BCUT2D eigenvalue weighted by molar-refractivity contribution is 6.30. The van der Waals surface area contributed by atoms with Gasteiger partial charge in [0.05, 0.1) is 6.04 Å². The van der Waals surface area contributed by atoms with E-state index in [1.54, 1.807) is 0 Å². The second kappa shape index (κ2) is 7.54. The summed E-state index contributed by atoms with van der Waals surface area (Å²) in [7, 11) is 0. The number of benzene rings is 1. The molecule has 0 radical (unpaired) electrons. The first-order valence-corrected chi connectivity index (χ1v) is 6.43. The molecule has 4 heteroatoms. The summed E-state index contributed by atoms with van der Waals surface area (Å²) in [5.41, 5.74) is 2.81.